The normalized spacial score (nSPS) is 21.9. The number of hydrogen-bond donors (Lipinski definition) is 1. The maximum Gasteiger partial charge on any atom is 0.257 e. The van der Waals surface area contributed by atoms with Crippen LogP contribution in [0.2, 0.25) is 0 Å². The van der Waals surface area contributed by atoms with E-state index in [-0.39, 0.29) is 18.3 Å². The molecule has 0 radical (unpaired) electrons. The predicted octanol–water partition coefficient (Wildman–Crippen LogP) is 4.01. The zero-order chi connectivity index (χ0) is 20.2. The van der Waals surface area contributed by atoms with Gasteiger partial charge in [0.25, 0.3) is 5.91 Å². The molecule has 0 unspecified atom stereocenters. The average Bonchev–Trinajstić information content (AvgIpc) is 2.88. The van der Waals surface area contributed by atoms with Gasteiger partial charge in [-0.25, -0.2) is 0 Å². The van der Waals surface area contributed by atoms with Gasteiger partial charge in [0.05, 0.1) is 22.6 Å². The number of nitriles is 1. The zero-order valence-electron chi connectivity index (χ0n) is 16.7. The van der Waals surface area contributed by atoms with E-state index in [4.69, 9.17) is 5.26 Å². The van der Waals surface area contributed by atoms with Crippen molar-refractivity contribution in [2.75, 3.05) is 31.1 Å². The number of amides is 1. The fourth-order valence-corrected chi connectivity index (χ4v) is 5.31. The van der Waals surface area contributed by atoms with Crippen LogP contribution in [0, 0.1) is 11.3 Å². The molecule has 0 aromatic heterocycles. The van der Waals surface area contributed by atoms with Crippen LogP contribution in [0.25, 0.3) is 0 Å². The minimum Gasteiger partial charge on any atom is -0.382 e. The van der Waals surface area contributed by atoms with E-state index in [1.807, 2.05) is 36.4 Å². The summed E-state index contributed by atoms with van der Waals surface area (Å²) in [6, 6.07) is 17.1. The molecule has 0 aliphatic carbocycles. The van der Waals surface area contributed by atoms with E-state index in [2.05, 4.69) is 11.0 Å². The molecule has 2 aromatic rings. The number of aliphatic hydroxyl groups excluding tert-OH is 1. The van der Waals surface area contributed by atoms with Crippen molar-refractivity contribution in [3.8, 4) is 6.07 Å². The van der Waals surface area contributed by atoms with Crippen molar-refractivity contribution >= 4 is 35.8 Å². The Morgan fingerprint density at radius 3 is 2.43 bits per heavy atom. The van der Waals surface area contributed by atoms with E-state index in [1.165, 1.54) is 31.0 Å². The Hall–Kier alpha value is -2.04. The number of anilines is 1. The number of piperidine rings is 1. The SMILES string of the molecule is Cl.N#Cc1ccc([C@H]2Sc3ccccc3N(CCN3CCCCC3)C(=O)[C@H]2O)cc1. The molecular formula is C23H26ClN3O2S. The Morgan fingerprint density at radius 2 is 1.73 bits per heavy atom. The van der Waals surface area contributed by atoms with Crippen molar-refractivity contribution in [3.05, 3.63) is 59.7 Å². The van der Waals surface area contributed by atoms with Crippen LogP contribution in [0.3, 0.4) is 0 Å². The predicted molar refractivity (Wildman–Crippen MR) is 122 cm³/mol. The Balaban J connectivity index is 0.00000256. The number of fused-ring (bicyclic) bond motifs is 1. The van der Waals surface area contributed by atoms with E-state index >= 15 is 0 Å². The van der Waals surface area contributed by atoms with E-state index in [0.29, 0.717) is 12.1 Å². The highest BCUT2D eigenvalue weighted by Gasteiger charge is 2.37. The second-order valence-electron chi connectivity index (χ2n) is 7.58. The molecular weight excluding hydrogens is 418 g/mol. The number of thioether (sulfide) groups is 1. The average molecular weight is 444 g/mol. The van der Waals surface area contributed by atoms with Crippen molar-refractivity contribution in [1.29, 1.82) is 5.26 Å². The number of hydrogen-bond acceptors (Lipinski definition) is 5. The second-order valence-corrected chi connectivity index (χ2v) is 8.76. The van der Waals surface area contributed by atoms with Gasteiger partial charge in [-0.3, -0.25) is 4.79 Å². The molecule has 0 spiro atoms. The summed E-state index contributed by atoms with van der Waals surface area (Å²) in [5, 5.41) is 19.6. The highest BCUT2D eigenvalue weighted by Crippen LogP contribution is 2.45. The third-order valence-electron chi connectivity index (χ3n) is 5.67. The number of aliphatic hydroxyl groups is 1. The number of halogens is 1. The van der Waals surface area contributed by atoms with Crippen molar-refractivity contribution in [1.82, 2.24) is 4.90 Å². The van der Waals surface area contributed by atoms with Crippen LogP contribution < -0.4 is 4.90 Å². The lowest BCUT2D eigenvalue weighted by atomic mass is 10.0. The molecule has 1 amide bonds. The first-order valence-electron chi connectivity index (χ1n) is 10.1. The van der Waals surface area contributed by atoms with Crippen LogP contribution in [-0.4, -0.2) is 48.2 Å². The Kier molecular flexibility index (Phi) is 7.79. The highest BCUT2D eigenvalue weighted by molar-refractivity contribution is 7.99. The van der Waals surface area contributed by atoms with Crippen molar-refractivity contribution in [2.24, 2.45) is 0 Å². The van der Waals surface area contributed by atoms with Gasteiger partial charge in [-0.2, -0.15) is 5.26 Å². The largest absolute Gasteiger partial charge is 0.382 e. The molecule has 30 heavy (non-hydrogen) atoms. The Morgan fingerprint density at radius 1 is 1.03 bits per heavy atom. The number of carbonyl (C=O) groups excluding carboxylic acids is 1. The number of likely N-dealkylation sites (tertiary alicyclic amines) is 1. The summed E-state index contributed by atoms with van der Waals surface area (Å²) in [5.74, 6) is -0.256. The zero-order valence-corrected chi connectivity index (χ0v) is 18.4. The van der Waals surface area contributed by atoms with Gasteiger partial charge in [0.15, 0.2) is 0 Å². The Bertz CT molecular complexity index is 909. The van der Waals surface area contributed by atoms with Gasteiger partial charge in [-0.05, 0) is 55.8 Å². The molecule has 1 saturated heterocycles. The van der Waals surface area contributed by atoms with Gasteiger partial charge in [0.2, 0.25) is 0 Å². The minimum atomic E-state index is -1.14. The number of benzene rings is 2. The molecule has 2 atom stereocenters. The molecule has 2 aliphatic heterocycles. The van der Waals surface area contributed by atoms with Gasteiger partial charge >= 0.3 is 0 Å². The molecule has 2 aromatic carbocycles. The third kappa shape index (κ3) is 4.81. The fraction of sp³-hybridized carbons (Fsp3) is 0.391. The molecule has 2 heterocycles. The smallest absolute Gasteiger partial charge is 0.257 e. The van der Waals surface area contributed by atoms with Crippen LogP contribution in [-0.2, 0) is 4.79 Å². The van der Waals surface area contributed by atoms with E-state index < -0.39 is 11.4 Å². The summed E-state index contributed by atoms with van der Waals surface area (Å²) in [4.78, 5) is 18.4. The van der Waals surface area contributed by atoms with Crippen LogP contribution in [0.5, 0.6) is 0 Å². The maximum atomic E-state index is 13.3. The van der Waals surface area contributed by atoms with Gasteiger partial charge in [-0.15, -0.1) is 24.2 Å². The van der Waals surface area contributed by atoms with Crippen LogP contribution >= 0.6 is 24.2 Å². The number of rotatable bonds is 4. The lowest BCUT2D eigenvalue weighted by Gasteiger charge is -2.30. The van der Waals surface area contributed by atoms with Crippen LogP contribution in [0.15, 0.2) is 53.4 Å². The summed E-state index contributed by atoms with van der Waals surface area (Å²) in [7, 11) is 0. The minimum absolute atomic E-state index is 0. The third-order valence-corrected chi connectivity index (χ3v) is 7.06. The second kappa shape index (κ2) is 10.3. The molecule has 7 heteroatoms. The van der Waals surface area contributed by atoms with Crippen molar-refractivity contribution in [3.63, 3.8) is 0 Å². The Labute approximate surface area is 188 Å². The summed E-state index contributed by atoms with van der Waals surface area (Å²) in [6.07, 6.45) is 2.57. The topological polar surface area (TPSA) is 67.6 Å². The fourth-order valence-electron chi connectivity index (χ4n) is 4.04. The number of carbonyl (C=O) groups is 1. The molecule has 1 fully saturated rings. The molecule has 1 N–H and O–H groups in total. The van der Waals surface area contributed by atoms with Crippen LogP contribution in [0.4, 0.5) is 5.69 Å². The van der Waals surface area contributed by atoms with Crippen molar-refractivity contribution in [2.45, 2.75) is 35.5 Å². The molecule has 5 nitrogen and oxygen atoms in total. The first-order valence-corrected chi connectivity index (χ1v) is 11.0. The first kappa shape index (κ1) is 22.6. The lowest BCUT2D eigenvalue weighted by molar-refractivity contribution is -0.126. The molecule has 4 rings (SSSR count). The summed E-state index contributed by atoms with van der Waals surface area (Å²) in [6.45, 7) is 3.55. The maximum absolute atomic E-state index is 13.3. The quantitative estimate of drug-likeness (QED) is 0.773. The number of para-hydroxylation sites is 1. The van der Waals surface area contributed by atoms with Crippen molar-refractivity contribution < 1.29 is 9.90 Å². The summed E-state index contributed by atoms with van der Waals surface area (Å²) in [5.41, 5.74) is 2.29. The first-order chi connectivity index (χ1) is 14.2. The molecule has 0 bridgehead atoms. The monoisotopic (exact) mass is 443 g/mol. The number of nitrogens with zero attached hydrogens (tertiary/aromatic N) is 3. The van der Waals surface area contributed by atoms with Gasteiger partial charge in [-0.1, -0.05) is 30.7 Å². The standard InChI is InChI=1S/C23H25N3O2S.ClH/c24-16-17-8-10-18(11-9-17)22-21(27)23(28)26(15-14-25-12-4-1-5-13-25)19-6-2-3-7-20(19)29-22;/h2-3,6-11,21-22,27H,1,4-5,12-15H2;1H/t21-,22+;/m0./s1. The summed E-state index contributed by atoms with van der Waals surface area (Å²) < 4.78 is 0. The summed E-state index contributed by atoms with van der Waals surface area (Å²) >= 11 is 1.51. The van der Waals surface area contributed by atoms with E-state index in [9.17, 15) is 9.90 Å². The van der Waals surface area contributed by atoms with Gasteiger partial charge in [0.1, 0.15) is 6.10 Å². The molecule has 0 saturated carbocycles. The van der Waals surface area contributed by atoms with Gasteiger partial charge in [0, 0.05) is 18.0 Å². The van der Waals surface area contributed by atoms with E-state index in [1.54, 1.807) is 17.0 Å². The highest BCUT2D eigenvalue weighted by atomic mass is 35.5. The molecule has 158 valence electrons. The van der Waals surface area contributed by atoms with Gasteiger partial charge < -0.3 is 14.9 Å². The van der Waals surface area contributed by atoms with Crippen LogP contribution in [0.1, 0.15) is 35.6 Å². The molecule has 2 aliphatic rings. The lowest BCUT2D eigenvalue weighted by Crippen LogP contribution is -2.45. The van der Waals surface area contributed by atoms with E-state index in [0.717, 1.165) is 35.8 Å².